The van der Waals surface area contributed by atoms with Gasteiger partial charge < -0.3 is 14.8 Å². The molecule has 35 heavy (non-hydrogen) atoms. The topological polar surface area (TPSA) is 76.0 Å². The number of benzene rings is 1. The Morgan fingerprint density at radius 1 is 1.29 bits per heavy atom. The number of alkyl halides is 2. The Balaban J connectivity index is 1.54. The summed E-state index contributed by atoms with van der Waals surface area (Å²) < 4.78 is 46.8. The van der Waals surface area contributed by atoms with Gasteiger partial charge in [0, 0.05) is 46.1 Å². The van der Waals surface area contributed by atoms with Crippen LogP contribution in [0.25, 0.3) is 22.2 Å². The van der Waals surface area contributed by atoms with Crippen LogP contribution in [0.5, 0.6) is 5.75 Å². The summed E-state index contributed by atoms with van der Waals surface area (Å²) >= 11 is 6.21. The van der Waals surface area contributed by atoms with Crippen LogP contribution in [0.1, 0.15) is 55.5 Å². The number of hydrogen-bond donors (Lipinski definition) is 2. The highest BCUT2D eigenvalue weighted by atomic mass is 35.5. The van der Waals surface area contributed by atoms with Gasteiger partial charge in [0.1, 0.15) is 17.2 Å². The van der Waals surface area contributed by atoms with Crippen LogP contribution in [-0.2, 0) is 0 Å². The first-order valence-electron chi connectivity index (χ1n) is 11.2. The molecule has 1 aromatic carbocycles. The average molecular weight is 505 g/mol. The molecule has 3 heterocycles. The molecule has 1 saturated carbocycles. The summed E-state index contributed by atoms with van der Waals surface area (Å²) in [5, 5.41) is 15.1. The summed E-state index contributed by atoms with van der Waals surface area (Å²) in [5.41, 5.74) is 3.47. The smallest absolute Gasteiger partial charge is 0.387 e. The lowest BCUT2D eigenvalue weighted by atomic mass is 9.77. The van der Waals surface area contributed by atoms with E-state index in [9.17, 15) is 18.3 Å². The number of aromatic amines is 1. The zero-order chi connectivity index (χ0) is 25.1. The molecule has 184 valence electrons. The molecule has 6 nitrogen and oxygen atoms in total. The molecule has 0 amide bonds. The first-order valence-corrected chi connectivity index (χ1v) is 11.6. The molecule has 0 unspecified atom stereocenters. The average Bonchev–Trinajstić information content (AvgIpc) is 3.37. The molecule has 0 bridgehead atoms. The number of nitrogens with zero attached hydrogens (tertiary/aromatic N) is 3. The number of pyridine rings is 1. The number of ether oxygens (including phenoxy) is 1. The van der Waals surface area contributed by atoms with Crippen molar-refractivity contribution < 1.29 is 23.0 Å². The molecule has 5 rings (SSSR count). The van der Waals surface area contributed by atoms with Crippen molar-refractivity contribution in [2.75, 3.05) is 0 Å². The number of aromatic nitrogens is 4. The van der Waals surface area contributed by atoms with Crippen molar-refractivity contribution in [2.45, 2.75) is 57.8 Å². The van der Waals surface area contributed by atoms with Crippen molar-refractivity contribution in [3.63, 3.8) is 0 Å². The van der Waals surface area contributed by atoms with Crippen molar-refractivity contribution in [1.29, 1.82) is 0 Å². The van der Waals surface area contributed by atoms with Crippen LogP contribution in [0.4, 0.5) is 13.2 Å². The summed E-state index contributed by atoms with van der Waals surface area (Å²) in [6.07, 6.45) is 6.51. The highest BCUT2D eigenvalue weighted by molar-refractivity contribution is 6.31. The van der Waals surface area contributed by atoms with Crippen LogP contribution < -0.4 is 4.74 Å². The van der Waals surface area contributed by atoms with E-state index in [0.29, 0.717) is 24.1 Å². The number of rotatable bonds is 6. The second-order valence-electron chi connectivity index (χ2n) is 9.38. The number of aliphatic hydroxyl groups is 1. The van der Waals surface area contributed by atoms with Gasteiger partial charge in [-0.05, 0) is 50.5 Å². The second kappa shape index (κ2) is 8.57. The lowest BCUT2D eigenvalue weighted by Gasteiger charge is -2.41. The number of H-pyrrole nitrogens is 1. The molecule has 1 atom stereocenters. The number of halogens is 4. The lowest BCUT2D eigenvalue weighted by Crippen LogP contribution is -2.42. The zero-order valence-corrected chi connectivity index (χ0v) is 20.1. The molecule has 3 aromatic heterocycles. The third-order valence-corrected chi connectivity index (χ3v) is 7.21. The molecule has 4 aromatic rings. The maximum absolute atomic E-state index is 14.3. The molecule has 2 N–H and O–H groups in total. The fourth-order valence-electron chi connectivity index (χ4n) is 5.04. The molecule has 1 aliphatic carbocycles. The van der Waals surface area contributed by atoms with E-state index in [-0.39, 0.29) is 22.4 Å². The van der Waals surface area contributed by atoms with Gasteiger partial charge in [-0.25, -0.2) is 9.37 Å². The van der Waals surface area contributed by atoms with Crippen LogP contribution in [0.2, 0.25) is 5.02 Å². The Morgan fingerprint density at radius 2 is 2.03 bits per heavy atom. The van der Waals surface area contributed by atoms with Crippen LogP contribution >= 0.6 is 11.6 Å². The normalized spacial score (nSPS) is 20.9. The Labute approximate surface area is 204 Å². The first kappa shape index (κ1) is 23.7. The molecule has 0 spiro atoms. The van der Waals surface area contributed by atoms with Crippen molar-refractivity contribution in [3.05, 3.63) is 64.5 Å². The van der Waals surface area contributed by atoms with Crippen LogP contribution in [0.15, 0.2) is 36.8 Å². The Hall–Kier alpha value is -3.04. The van der Waals surface area contributed by atoms with E-state index in [4.69, 9.17) is 11.6 Å². The Bertz CT molecular complexity index is 1410. The molecular formula is C25H24ClF3N4O2. The van der Waals surface area contributed by atoms with Gasteiger partial charge in [-0.3, -0.25) is 4.68 Å². The van der Waals surface area contributed by atoms with Gasteiger partial charge in [0.15, 0.2) is 0 Å². The van der Waals surface area contributed by atoms with Gasteiger partial charge in [0.2, 0.25) is 0 Å². The van der Waals surface area contributed by atoms with Gasteiger partial charge >= 0.3 is 6.61 Å². The highest BCUT2D eigenvalue weighted by Gasteiger charge is 2.40. The minimum atomic E-state index is -3.07. The third kappa shape index (κ3) is 4.16. The summed E-state index contributed by atoms with van der Waals surface area (Å²) in [7, 11) is 0. The SMILES string of the molecule is Cc1c(-c2cnc3[nH]cc([C@H](C)c4c(OC(F)F)ccc(F)c4Cl)c3c2)cnn1[C@H]1C[C@@](C)(O)C1. The molecule has 0 radical (unpaired) electrons. The largest absolute Gasteiger partial charge is 0.434 e. The predicted molar refractivity (Wildman–Crippen MR) is 127 cm³/mol. The highest BCUT2D eigenvalue weighted by Crippen LogP contribution is 2.43. The van der Waals surface area contributed by atoms with Gasteiger partial charge in [0.05, 0.1) is 22.9 Å². The molecule has 0 saturated heterocycles. The fraction of sp³-hybridized carbons (Fsp3) is 0.360. The monoisotopic (exact) mass is 504 g/mol. The van der Waals surface area contributed by atoms with E-state index >= 15 is 0 Å². The van der Waals surface area contributed by atoms with Crippen LogP contribution in [0.3, 0.4) is 0 Å². The van der Waals surface area contributed by atoms with E-state index in [1.807, 2.05) is 24.6 Å². The minimum absolute atomic E-state index is 0.138. The third-order valence-electron chi connectivity index (χ3n) is 6.82. The van der Waals surface area contributed by atoms with Crippen molar-refractivity contribution in [1.82, 2.24) is 19.7 Å². The first-order chi connectivity index (χ1) is 16.6. The van der Waals surface area contributed by atoms with Crippen molar-refractivity contribution in [2.24, 2.45) is 0 Å². The number of nitrogens with one attached hydrogen (secondary N) is 1. The van der Waals surface area contributed by atoms with Crippen molar-refractivity contribution in [3.8, 4) is 16.9 Å². The standard InChI is InChI=1S/C25H24ClF3N4O2/c1-12(21-20(35-24(28)29)5-4-19(27)22(21)26)17-10-31-23-16(17)6-14(9-30-23)18-11-32-33(13(18)2)15-7-25(3,34)8-15/h4-6,9-12,15,24,34H,7-8H2,1-3H3,(H,30,31)/t12-,15-,25+/m0/s1. The van der Waals surface area contributed by atoms with E-state index < -0.39 is 23.9 Å². The van der Waals surface area contributed by atoms with E-state index in [1.165, 1.54) is 0 Å². The second-order valence-corrected chi connectivity index (χ2v) is 9.76. The van der Waals surface area contributed by atoms with Crippen LogP contribution in [0, 0.1) is 12.7 Å². The summed E-state index contributed by atoms with van der Waals surface area (Å²) in [6, 6.07) is 4.25. The van der Waals surface area contributed by atoms with Crippen LogP contribution in [-0.4, -0.2) is 37.1 Å². The quantitative estimate of drug-likeness (QED) is 0.320. The maximum atomic E-state index is 14.3. The van der Waals surface area contributed by atoms with Gasteiger partial charge in [-0.15, -0.1) is 0 Å². The zero-order valence-electron chi connectivity index (χ0n) is 19.3. The number of fused-ring (bicyclic) bond motifs is 1. The van der Waals surface area contributed by atoms with E-state index in [0.717, 1.165) is 34.3 Å². The molecule has 0 aliphatic heterocycles. The van der Waals surface area contributed by atoms with Gasteiger partial charge in [-0.2, -0.15) is 13.9 Å². The lowest BCUT2D eigenvalue weighted by molar-refractivity contribution is -0.0548. The Morgan fingerprint density at radius 3 is 2.71 bits per heavy atom. The maximum Gasteiger partial charge on any atom is 0.387 e. The molecule has 1 aliphatic rings. The minimum Gasteiger partial charge on any atom is -0.434 e. The Kier molecular flexibility index (Phi) is 5.80. The van der Waals surface area contributed by atoms with E-state index in [2.05, 4.69) is 19.8 Å². The van der Waals surface area contributed by atoms with Gasteiger partial charge in [-0.1, -0.05) is 18.5 Å². The molecule has 1 fully saturated rings. The van der Waals surface area contributed by atoms with Gasteiger partial charge in [0.25, 0.3) is 0 Å². The summed E-state index contributed by atoms with van der Waals surface area (Å²) in [6.45, 7) is 2.47. The van der Waals surface area contributed by atoms with Crippen molar-refractivity contribution >= 4 is 22.6 Å². The van der Waals surface area contributed by atoms with E-state index in [1.54, 1.807) is 25.5 Å². The predicted octanol–water partition coefficient (Wildman–Crippen LogP) is 6.37. The summed E-state index contributed by atoms with van der Waals surface area (Å²) in [5.74, 6) is -1.46. The fourth-order valence-corrected chi connectivity index (χ4v) is 5.36. The number of hydrogen-bond acceptors (Lipinski definition) is 4. The summed E-state index contributed by atoms with van der Waals surface area (Å²) in [4.78, 5) is 7.62. The molecular weight excluding hydrogens is 481 g/mol. The molecule has 10 heteroatoms.